The first kappa shape index (κ1) is 27.0. The Morgan fingerprint density at radius 1 is 0.833 bits per heavy atom. The molecule has 11 unspecified atom stereocenters. The Hall–Kier alpha value is -0.610. The van der Waals surface area contributed by atoms with Gasteiger partial charge in [-0.1, -0.05) is 41.5 Å². The molecule has 0 aromatic heterocycles. The largest absolute Gasteiger partial charge is 0.462 e. The van der Waals surface area contributed by atoms with Crippen LogP contribution in [0.25, 0.3) is 0 Å². The number of hydrogen-bond donors (Lipinski definition) is 2. The minimum Gasteiger partial charge on any atom is -0.462 e. The van der Waals surface area contributed by atoms with Crippen molar-refractivity contribution in [2.24, 2.45) is 56.7 Å². The lowest BCUT2D eigenvalue weighted by molar-refractivity contribution is -0.279. The van der Waals surface area contributed by atoms with Crippen molar-refractivity contribution < 1.29 is 19.7 Å². The second-order valence-electron chi connectivity index (χ2n) is 16.2. The molecular weight excluding hydrogens is 448 g/mol. The standard InChI is InChI=1S/C32H54O4/c1-19(33)36-25-13-15-30(7)23(27(25,2)3)12-17-31(8)24(30)18-22(34)26-29(6)14-10-20(28(4,5)35)21(29)11-16-32(26,31)9/h20-26,34-35H,10-18H2,1-9H3. The van der Waals surface area contributed by atoms with Crippen LogP contribution >= 0.6 is 0 Å². The molecule has 5 aliphatic rings. The molecule has 0 aliphatic heterocycles. The van der Waals surface area contributed by atoms with Gasteiger partial charge in [0.2, 0.25) is 0 Å². The van der Waals surface area contributed by atoms with Crippen LogP contribution in [0.1, 0.15) is 120 Å². The average Bonchev–Trinajstić information content (AvgIpc) is 3.09. The van der Waals surface area contributed by atoms with Gasteiger partial charge in [-0.05, 0) is 123 Å². The molecule has 5 fully saturated rings. The fourth-order valence-electron chi connectivity index (χ4n) is 12.4. The van der Waals surface area contributed by atoms with E-state index in [0.29, 0.717) is 29.6 Å². The van der Waals surface area contributed by atoms with Gasteiger partial charge >= 0.3 is 5.97 Å². The third-order valence-electron chi connectivity index (χ3n) is 14.1. The van der Waals surface area contributed by atoms with E-state index in [0.717, 1.165) is 38.5 Å². The number of hydrogen-bond acceptors (Lipinski definition) is 4. The van der Waals surface area contributed by atoms with Crippen LogP contribution in [0, 0.1) is 56.7 Å². The zero-order valence-corrected chi connectivity index (χ0v) is 24.6. The third kappa shape index (κ3) is 3.34. The topological polar surface area (TPSA) is 66.8 Å². The van der Waals surface area contributed by atoms with Crippen molar-refractivity contribution in [3.8, 4) is 0 Å². The van der Waals surface area contributed by atoms with Crippen molar-refractivity contribution in [3.63, 3.8) is 0 Å². The van der Waals surface area contributed by atoms with Gasteiger partial charge in [-0.25, -0.2) is 0 Å². The van der Waals surface area contributed by atoms with E-state index in [9.17, 15) is 15.0 Å². The van der Waals surface area contributed by atoms with Crippen LogP contribution in [-0.2, 0) is 9.53 Å². The lowest BCUT2D eigenvalue weighted by Crippen LogP contribution is -2.70. The molecule has 5 aliphatic carbocycles. The van der Waals surface area contributed by atoms with Crippen molar-refractivity contribution in [2.45, 2.75) is 138 Å². The summed E-state index contributed by atoms with van der Waals surface area (Å²) in [5.41, 5.74) is -0.189. The van der Waals surface area contributed by atoms with Crippen LogP contribution in [0.5, 0.6) is 0 Å². The number of aliphatic hydroxyl groups excluding tert-OH is 1. The normalized spacial score (nSPS) is 54.0. The van der Waals surface area contributed by atoms with E-state index in [1.807, 2.05) is 13.8 Å². The predicted molar refractivity (Wildman–Crippen MR) is 143 cm³/mol. The van der Waals surface area contributed by atoms with E-state index < -0.39 is 5.60 Å². The molecule has 36 heavy (non-hydrogen) atoms. The molecule has 206 valence electrons. The molecule has 0 amide bonds. The molecule has 0 aromatic carbocycles. The van der Waals surface area contributed by atoms with Gasteiger partial charge in [0.1, 0.15) is 6.10 Å². The molecule has 2 N–H and O–H groups in total. The van der Waals surface area contributed by atoms with E-state index in [4.69, 9.17) is 4.74 Å². The number of carbonyl (C=O) groups is 1. The molecule has 0 radical (unpaired) electrons. The fourth-order valence-corrected chi connectivity index (χ4v) is 12.4. The zero-order valence-electron chi connectivity index (χ0n) is 24.6. The molecule has 4 heteroatoms. The first-order valence-electron chi connectivity index (χ1n) is 15.0. The summed E-state index contributed by atoms with van der Waals surface area (Å²) in [6.07, 6.45) is 9.52. The van der Waals surface area contributed by atoms with Crippen LogP contribution in [0.4, 0.5) is 0 Å². The zero-order chi connectivity index (χ0) is 26.7. The van der Waals surface area contributed by atoms with Crippen molar-refractivity contribution in [1.29, 1.82) is 0 Å². The maximum absolute atomic E-state index is 12.1. The number of aliphatic hydroxyl groups is 2. The van der Waals surface area contributed by atoms with Gasteiger partial charge in [0.15, 0.2) is 0 Å². The minimum absolute atomic E-state index is 0.0131. The quantitative estimate of drug-likeness (QED) is 0.409. The Morgan fingerprint density at radius 3 is 2.06 bits per heavy atom. The van der Waals surface area contributed by atoms with E-state index in [2.05, 4.69) is 41.5 Å². The minimum atomic E-state index is -0.653. The fraction of sp³-hybridized carbons (Fsp3) is 0.969. The molecule has 0 saturated heterocycles. The van der Waals surface area contributed by atoms with E-state index in [-0.39, 0.29) is 45.3 Å². The van der Waals surface area contributed by atoms with Crippen LogP contribution < -0.4 is 0 Å². The third-order valence-corrected chi connectivity index (χ3v) is 14.1. The van der Waals surface area contributed by atoms with Crippen LogP contribution in [0.15, 0.2) is 0 Å². The van der Waals surface area contributed by atoms with Gasteiger partial charge in [-0.2, -0.15) is 0 Å². The van der Waals surface area contributed by atoms with Crippen LogP contribution in [-0.4, -0.2) is 34.0 Å². The lowest BCUT2D eigenvalue weighted by atomic mass is 9.31. The van der Waals surface area contributed by atoms with Gasteiger partial charge in [-0.3, -0.25) is 4.79 Å². The number of esters is 1. The highest BCUT2D eigenvalue weighted by molar-refractivity contribution is 5.66. The SMILES string of the molecule is CC(=O)OC1CCC2(C)C(CCC3(C)C2CC(O)C2C4(C)CCC(C(C)(C)O)C4CCC23C)C1(C)C. The van der Waals surface area contributed by atoms with Crippen LogP contribution in [0.2, 0.25) is 0 Å². The maximum atomic E-state index is 12.1. The molecule has 0 heterocycles. The number of fused-ring (bicyclic) bond motifs is 7. The smallest absolute Gasteiger partial charge is 0.302 e. The molecule has 0 aromatic rings. The van der Waals surface area contributed by atoms with Gasteiger partial charge in [0, 0.05) is 12.3 Å². The number of rotatable bonds is 2. The lowest BCUT2D eigenvalue weighted by Gasteiger charge is -2.74. The summed E-state index contributed by atoms with van der Waals surface area (Å²) < 4.78 is 5.88. The molecular formula is C32H54O4. The van der Waals surface area contributed by atoms with Crippen molar-refractivity contribution in [2.75, 3.05) is 0 Å². The maximum Gasteiger partial charge on any atom is 0.302 e. The summed E-state index contributed by atoms with van der Waals surface area (Å²) in [5.74, 6) is 1.93. The molecule has 0 bridgehead atoms. The Labute approximate surface area is 220 Å². The van der Waals surface area contributed by atoms with Crippen molar-refractivity contribution >= 4 is 5.97 Å². The molecule has 0 spiro atoms. The number of ether oxygens (including phenoxy) is 1. The Bertz CT molecular complexity index is 904. The predicted octanol–water partition coefficient (Wildman–Crippen LogP) is 6.76. The van der Waals surface area contributed by atoms with Gasteiger partial charge in [0.25, 0.3) is 0 Å². The highest BCUT2D eigenvalue weighted by Gasteiger charge is 2.73. The first-order valence-corrected chi connectivity index (χ1v) is 15.0. The summed E-state index contributed by atoms with van der Waals surface area (Å²) in [7, 11) is 0. The number of carbonyl (C=O) groups excluding carboxylic acids is 1. The Morgan fingerprint density at radius 2 is 1.44 bits per heavy atom. The summed E-state index contributed by atoms with van der Waals surface area (Å²) in [6.45, 7) is 20.3. The first-order chi connectivity index (χ1) is 16.4. The van der Waals surface area contributed by atoms with Gasteiger partial charge in [0.05, 0.1) is 11.7 Å². The van der Waals surface area contributed by atoms with Gasteiger partial charge < -0.3 is 14.9 Å². The van der Waals surface area contributed by atoms with E-state index >= 15 is 0 Å². The average molecular weight is 503 g/mol. The molecule has 4 nitrogen and oxygen atoms in total. The summed E-state index contributed by atoms with van der Waals surface area (Å²) in [4.78, 5) is 11.9. The monoisotopic (exact) mass is 502 g/mol. The second-order valence-corrected chi connectivity index (χ2v) is 16.2. The van der Waals surface area contributed by atoms with Crippen LogP contribution in [0.3, 0.4) is 0 Å². The molecule has 5 saturated carbocycles. The highest BCUT2D eigenvalue weighted by Crippen LogP contribution is 2.78. The summed E-state index contributed by atoms with van der Waals surface area (Å²) in [5, 5.41) is 23.1. The molecule has 11 atom stereocenters. The van der Waals surface area contributed by atoms with Gasteiger partial charge in [-0.15, -0.1) is 0 Å². The van der Waals surface area contributed by atoms with Crippen molar-refractivity contribution in [3.05, 3.63) is 0 Å². The van der Waals surface area contributed by atoms with E-state index in [1.165, 1.54) is 19.3 Å². The second kappa shape index (κ2) is 7.96. The summed E-state index contributed by atoms with van der Waals surface area (Å²) >= 11 is 0. The summed E-state index contributed by atoms with van der Waals surface area (Å²) in [6, 6.07) is 0. The van der Waals surface area contributed by atoms with Crippen molar-refractivity contribution in [1.82, 2.24) is 0 Å². The Kier molecular flexibility index (Phi) is 5.97. The Balaban J connectivity index is 1.51. The van der Waals surface area contributed by atoms with E-state index in [1.54, 1.807) is 6.92 Å². The highest BCUT2D eigenvalue weighted by atomic mass is 16.5. The molecule has 5 rings (SSSR count).